The molecule has 0 aliphatic heterocycles. The van der Waals surface area contributed by atoms with Gasteiger partial charge in [0.1, 0.15) is 5.82 Å². The normalized spacial score (nSPS) is 11.8. The quantitative estimate of drug-likeness (QED) is 0.504. The lowest BCUT2D eigenvalue weighted by atomic mass is 10.2. The zero-order valence-corrected chi connectivity index (χ0v) is 7.47. The molecule has 0 amide bonds. The van der Waals surface area contributed by atoms with Crippen molar-refractivity contribution < 1.29 is 17.6 Å². The van der Waals surface area contributed by atoms with Crippen LogP contribution in [0.1, 0.15) is 5.56 Å². The molecule has 0 fully saturated rings. The number of halogens is 4. The van der Waals surface area contributed by atoms with Gasteiger partial charge in [0.25, 0.3) is 0 Å². The van der Waals surface area contributed by atoms with Gasteiger partial charge in [-0.3, -0.25) is 0 Å². The molecule has 0 unspecified atom stereocenters. The van der Waals surface area contributed by atoms with Gasteiger partial charge in [0, 0.05) is 4.90 Å². The highest BCUT2D eigenvalue weighted by atomic mass is 32.2. The molecule has 0 heterocycles. The molecule has 0 N–H and O–H groups in total. The van der Waals surface area contributed by atoms with Crippen LogP contribution in [0.4, 0.5) is 17.6 Å². The van der Waals surface area contributed by atoms with E-state index in [1.165, 1.54) is 6.26 Å². The van der Waals surface area contributed by atoms with E-state index < -0.39 is 17.6 Å². The molecule has 0 saturated heterocycles. The van der Waals surface area contributed by atoms with E-state index in [1.54, 1.807) is 0 Å². The average Bonchev–Trinajstić information content (AvgIpc) is 2.03. The summed E-state index contributed by atoms with van der Waals surface area (Å²) in [4.78, 5) is 0.00910. The van der Waals surface area contributed by atoms with Gasteiger partial charge in [-0.15, -0.1) is 11.8 Å². The van der Waals surface area contributed by atoms with Crippen molar-refractivity contribution in [1.82, 2.24) is 0 Å². The first-order valence-electron chi connectivity index (χ1n) is 3.36. The Morgan fingerprint density at radius 1 is 1.23 bits per heavy atom. The fourth-order valence-electron chi connectivity index (χ4n) is 0.836. The zero-order valence-electron chi connectivity index (χ0n) is 6.65. The highest BCUT2D eigenvalue weighted by molar-refractivity contribution is 7.98. The molecule has 72 valence electrons. The molecule has 0 bridgehead atoms. The molecule has 0 spiro atoms. The van der Waals surface area contributed by atoms with Crippen LogP contribution >= 0.6 is 11.8 Å². The van der Waals surface area contributed by atoms with E-state index >= 15 is 0 Å². The van der Waals surface area contributed by atoms with Gasteiger partial charge in [0.05, 0.1) is 5.56 Å². The molecule has 5 heteroatoms. The lowest BCUT2D eigenvalue weighted by Gasteiger charge is -2.07. The first-order chi connectivity index (χ1) is 5.95. The Balaban J connectivity index is 3.14. The van der Waals surface area contributed by atoms with Crippen molar-refractivity contribution in [1.29, 1.82) is 0 Å². The van der Waals surface area contributed by atoms with E-state index in [9.17, 15) is 17.6 Å². The summed E-state index contributed by atoms with van der Waals surface area (Å²) in [6, 6.07) is 2.36. The summed E-state index contributed by atoms with van der Waals surface area (Å²) >= 11 is 0.951. The van der Waals surface area contributed by atoms with Crippen LogP contribution in [-0.4, -0.2) is 6.26 Å². The van der Waals surface area contributed by atoms with Crippen molar-refractivity contribution >= 4 is 11.8 Å². The lowest BCUT2D eigenvalue weighted by Crippen LogP contribution is -2.05. The smallest absolute Gasteiger partial charge is 0.206 e. The third-order valence-electron chi connectivity index (χ3n) is 1.48. The fourth-order valence-corrected chi connectivity index (χ4v) is 1.34. The maximum Gasteiger partial charge on any atom is 0.416 e. The summed E-state index contributed by atoms with van der Waals surface area (Å²) in [6.45, 7) is 0. The van der Waals surface area contributed by atoms with Crippen LogP contribution in [0.25, 0.3) is 0 Å². The molecule has 1 aromatic carbocycles. The monoisotopic (exact) mass is 210 g/mol. The topological polar surface area (TPSA) is 0 Å². The Labute approximate surface area is 76.9 Å². The van der Waals surface area contributed by atoms with Crippen LogP contribution in [0, 0.1) is 5.82 Å². The molecule has 13 heavy (non-hydrogen) atoms. The van der Waals surface area contributed by atoms with Crippen molar-refractivity contribution in [2.45, 2.75) is 11.1 Å². The van der Waals surface area contributed by atoms with Gasteiger partial charge in [0.15, 0.2) is 0 Å². The van der Waals surface area contributed by atoms with Crippen molar-refractivity contribution in [3.8, 4) is 0 Å². The number of alkyl halides is 3. The number of thioether (sulfide) groups is 1. The largest absolute Gasteiger partial charge is 0.416 e. The van der Waals surface area contributed by atoms with Gasteiger partial charge >= 0.3 is 6.18 Å². The average molecular weight is 210 g/mol. The zero-order chi connectivity index (χ0) is 10.1. The Morgan fingerprint density at radius 2 is 1.85 bits per heavy atom. The maximum absolute atomic E-state index is 12.8. The Kier molecular flexibility index (Phi) is 2.85. The molecule has 0 aliphatic rings. The SMILES string of the molecule is CSc1cc(C(F)(F)F)ccc1F. The number of rotatable bonds is 1. The molecule has 0 aromatic heterocycles. The third-order valence-corrected chi connectivity index (χ3v) is 2.23. The lowest BCUT2D eigenvalue weighted by molar-refractivity contribution is -0.137. The minimum absolute atomic E-state index is 0.00910. The first-order valence-corrected chi connectivity index (χ1v) is 4.58. The molecule has 1 aromatic rings. The van der Waals surface area contributed by atoms with Gasteiger partial charge in [-0.1, -0.05) is 0 Å². The molecule has 1 rings (SSSR count). The molecular formula is C8H6F4S. The second kappa shape index (κ2) is 3.57. The van der Waals surface area contributed by atoms with E-state index in [1.807, 2.05) is 0 Å². The van der Waals surface area contributed by atoms with Crippen LogP contribution in [0.3, 0.4) is 0 Å². The van der Waals surface area contributed by atoms with Crippen molar-refractivity contribution in [3.05, 3.63) is 29.6 Å². The van der Waals surface area contributed by atoms with Gasteiger partial charge in [-0.05, 0) is 24.5 Å². The minimum atomic E-state index is -4.40. The van der Waals surface area contributed by atoms with E-state index in [2.05, 4.69) is 0 Å². The summed E-state index contributed by atoms with van der Waals surface area (Å²) < 4.78 is 49.1. The van der Waals surface area contributed by atoms with Crippen LogP contribution in [0.5, 0.6) is 0 Å². The van der Waals surface area contributed by atoms with Gasteiger partial charge in [-0.25, -0.2) is 4.39 Å². The number of hydrogen-bond donors (Lipinski definition) is 0. The van der Waals surface area contributed by atoms with Crippen molar-refractivity contribution in [3.63, 3.8) is 0 Å². The molecular weight excluding hydrogens is 204 g/mol. The molecule has 0 radical (unpaired) electrons. The summed E-state index contributed by atoms with van der Waals surface area (Å²) in [5.74, 6) is -0.625. The molecule has 0 saturated carbocycles. The second-order valence-electron chi connectivity index (χ2n) is 2.35. The molecule has 0 aliphatic carbocycles. The van der Waals surface area contributed by atoms with E-state index in [4.69, 9.17) is 0 Å². The summed E-state index contributed by atoms with van der Waals surface area (Å²) in [6.07, 6.45) is -2.88. The number of benzene rings is 1. The van der Waals surface area contributed by atoms with Crippen molar-refractivity contribution in [2.75, 3.05) is 6.26 Å². The standard InChI is InChI=1S/C8H6F4S/c1-13-7-4-5(8(10,11)12)2-3-6(7)9/h2-4H,1H3. The van der Waals surface area contributed by atoms with Crippen LogP contribution in [0.15, 0.2) is 23.1 Å². The van der Waals surface area contributed by atoms with Gasteiger partial charge < -0.3 is 0 Å². The highest BCUT2D eigenvalue weighted by Gasteiger charge is 2.30. The third kappa shape index (κ3) is 2.37. The van der Waals surface area contributed by atoms with E-state index in [0.717, 1.165) is 30.0 Å². The Hall–Kier alpha value is -0.710. The van der Waals surface area contributed by atoms with Crippen LogP contribution in [0.2, 0.25) is 0 Å². The highest BCUT2D eigenvalue weighted by Crippen LogP contribution is 2.32. The first kappa shape index (κ1) is 10.4. The second-order valence-corrected chi connectivity index (χ2v) is 3.20. The summed E-state index contributed by atoms with van der Waals surface area (Å²) in [7, 11) is 0. The molecule has 0 atom stereocenters. The van der Waals surface area contributed by atoms with Crippen LogP contribution < -0.4 is 0 Å². The Morgan fingerprint density at radius 3 is 2.31 bits per heavy atom. The summed E-state index contributed by atoms with van der Waals surface area (Å²) in [5.41, 5.74) is -0.821. The predicted molar refractivity (Wildman–Crippen MR) is 43.2 cm³/mol. The van der Waals surface area contributed by atoms with Crippen LogP contribution in [-0.2, 0) is 6.18 Å². The summed E-state index contributed by atoms with van der Waals surface area (Å²) in [5, 5.41) is 0. The fraction of sp³-hybridized carbons (Fsp3) is 0.250. The molecule has 0 nitrogen and oxygen atoms in total. The van der Waals surface area contributed by atoms with E-state index in [-0.39, 0.29) is 4.90 Å². The van der Waals surface area contributed by atoms with E-state index in [0.29, 0.717) is 0 Å². The number of hydrogen-bond acceptors (Lipinski definition) is 1. The predicted octanol–water partition coefficient (Wildman–Crippen LogP) is 3.57. The van der Waals surface area contributed by atoms with Gasteiger partial charge in [0.2, 0.25) is 0 Å². The maximum atomic E-state index is 12.8. The minimum Gasteiger partial charge on any atom is -0.206 e. The Bertz CT molecular complexity index is 306. The van der Waals surface area contributed by atoms with Crippen molar-refractivity contribution in [2.24, 2.45) is 0 Å². The van der Waals surface area contributed by atoms with Gasteiger partial charge in [-0.2, -0.15) is 13.2 Å².